The number of nitro benzene ring substituents is 1. The highest BCUT2D eigenvalue weighted by Crippen LogP contribution is 2.36. The molecule has 10 heteroatoms. The molecule has 4 aromatic rings. The van der Waals surface area contributed by atoms with Gasteiger partial charge in [0.05, 0.1) is 24.1 Å². The van der Waals surface area contributed by atoms with Crippen molar-refractivity contribution in [2.75, 3.05) is 30.9 Å². The Bertz CT molecular complexity index is 1380. The molecule has 0 fully saturated rings. The molecule has 1 heterocycles. The molecule has 0 atom stereocenters. The number of para-hydroxylation sites is 3. The van der Waals surface area contributed by atoms with Gasteiger partial charge in [0.15, 0.2) is 6.61 Å². The smallest absolute Gasteiger partial charge is 0.308 e. The van der Waals surface area contributed by atoms with Crippen LogP contribution in [0.15, 0.2) is 65.1 Å². The predicted octanol–water partition coefficient (Wildman–Crippen LogP) is 4.49. The molecule has 2 N–H and O–H groups in total. The summed E-state index contributed by atoms with van der Waals surface area (Å²) in [5, 5.41) is 18.3. The molecule has 0 saturated carbocycles. The van der Waals surface area contributed by atoms with Crippen LogP contribution in [0.25, 0.3) is 21.9 Å². The quantitative estimate of drug-likeness (QED) is 0.211. The van der Waals surface area contributed by atoms with Crippen LogP contribution < -0.4 is 15.4 Å². The topological polar surface area (TPSA) is 133 Å². The van der Waals surface area contributed by atoms with E-state index in [4.69, 9.17) is 13.9 Å². The van der Waals surface area contributed by atoms with Gasteiger partial charge < -0.3 is 24.5 Å². The SMILES string of the molecule is COc1cc2c(cc1NC(=O)COC(=O)CCNc1ccccc1[N+](=O)[O-])oc1ccccc12. The molecule has 34 heavy (non-hydrogen) atoms. The van der Waals surface area contributed by atoms with Crippen molar-refractivity contribution in [1.82, 2.24) is 0 Å². The van der Waals surface area contributed by atoms with Crippen LogP contribution in [0.5, 0.6) is 5.75 Å². The van der Waals surface area contributed by atoms with Crippen molar-refractivity contribution < 1.29 is 28.4 Å². The molecule has 0 saturated heterocycles. The highest BCUT2D eigenvalue weighted by Gasteiger charge is 2.16. The summed E-state index contributed by atoms with van der Waals surface area (Å²) in [6, 6.07) is 17.1. The van der Waals surface area contributed by atoms with Gasteiger partial charge in [-0.1, -0.05) is 30.3 Å². The van der Waals surface area contributed by atoms with Gasteiger partial charge in [-0.15, -0.1) is 0 Å². The maximum Gasteiger partial charge on any atom is 0.308 e. The van der Waals surface area contributed by atoms with Crippen LogP contribution in [0, 0.1) is 10.1 Å². The van der Waals surface area contributed by atoms with Crippen LogP contribution >= 0.6 is 0 Å². The summed E-state index contributed by atoms with van der Waals surface area (Å²) in [6.07, 6.45) is -0.0758. The molecule has 0 radical (unpaired) electrons. The zero-order chi connectivity index (χ0) is 24.1. The number of carbonyl (C=O) groups excluding carboxylic acids is 2. The summed E-state index contributed by atoms with van der Waals surface area (Å²) in [6.45, 7) is -0.381. The van der Waals surface area contributed by atoms with E-state index in [1.807, 2.05) is 24.3 Å². The lowest BCUT2D eigenvalue weighted by atomic mass is 10.1. The number of furan rings is 1. The molecule has 1 amide bonds. The van der Waals surface area contributed by atoms with Gasteiger partial charge in [-0.3, -0.25) is 19.7 Å². The van der Waals surface area contributed by atoms with Crippen molar-refractivity contribution in [2.24, 2.45) is 0 Å². The molecule has 4 rings (SSSR count). The molecule has 1 aromatic heterocycles. The molecule has 0 bridgehead atoms. The third-order valence-electron chi connectivity index (χ3n) is 5.08. The maximum absolute atomic E-state index is 12.3. The van der Waals surface area contributed by atoms with Crippen LogP contribution in [0.2, 0.25) is 0 Å². The van der Waals surface area contributed by atoms with Gasteiger partial charge in [0.2, 0.25) is 0 Å². The van der Waals surface area contributed by atoms with Crippen molar-refractivity contribution in [3.8, 4) is 5.75 Å². The fourth-order valence-corrected chi connectivity index (χ4v) is 3.50. The van der Waals surface area contributed by atoms with Gasteiger partial charge >= 0.3 is 5.97 Å². The number of hydrogen-bond donors (Lipinski definition) is 2. The number of benzene rings is 3. The summed E-state index contributed by atoms with van der Waals surface area (Å²) in [5.74, 6) is -0.734. The summed E-state index contributed by atoms with van der Waals surface area (Å²) >= 11 is 0. The molecule has 3 aromatic carbocycles. The highest BCUT2D eigenvalue weighted by molar-refractivity contribution is 6.07. The number of rotatable bonds is 9. The summed E-state index contributed by atoms with van der Waals surface area (Å²) in [5.41, 5.74) is 1.88. The fraction of sp³-hybridized carbons (Fsp3) is 0.167. The number of esters is 1. The maximum atomic E-state index is 12.3. The Morgan fingerprint density at radius 3 is 2.56 bits per heavy atom. The van der Waals surface area contributed by atoms with Gasteiger partial charge in [0.25, 0.3) is 11.6 Å². The summed E-state index contributed by atoms with van der Waals surface area (Å²) < 4.78 is 16.2. The molecule has 0 aliphatic carbocycles. The van der Waals surface area contributed by atoms with Crippen LogP contribution in [0.3, 0.4) is 0 Å². The van der Waals surface area contributed by atoms with Crippen molar-refractivity contribution in [3.05, 3.63) is 70.8 Å². The average Bonchev–Trinajstić information content (AvgIpc) is 3.19. The minimum atomic E-state index is -0.624. The Hall–Kier alpha value is -4.60. The second-order valence-electron chi connectivity index (χ2n) is 7.31. The Balaban J connectivity index is 1.32. The van der Waals surface area contributed by atoms with E-state index in [0.717, 1.165) is 10.8 Å². The number of nitro groups is 1. The van der Waals surface area contributed by atoms with E-state index in [1.165, 1.54) is 13.2 Å². The van der Waals surface area contributed by atoms with Crippen LogP contribution in [-0.4, -0.2) is 37.1 Å². The van der Waals surface area contributed by atoms with Gasteiger partial charge in [0, 0.05) is 29.4 Å². The largest absolute Gasteiger partial charge is 0.495 e. The third-order valence-corrected chi connectivity index (χ3v) is 5.08. The first-order valence-electron chi connectivity index (χ1n) is 10.4. The first-order valence-corrected chi connectivity index (χ1v) is 10.4. The van der Waals surface area contributed by atoms with Crippen LogP contribution in [0.4, 0.5) is 17.1 Å². The van der Waals surface area contributed by atoms with Crippen LogP contribution in [-0.2, 0) is 14.3 Å². The van der Waals surface area contributed by atoms with Gasteiger partial charge in [-0.2, -0.15) is 0 Å². The second kappa shape index (κ2) is 9.90. The number of hydrogen-bond acceptors (Lipinski definition) is 8. The standard InChI is InChI=1S/C24H21N3O7/c1-32-22-12-16-15-6-2-5-9-20(15)34-21(16)13-18(22)26-23(28)14-33-24(29)10-11-25-17-7-3-4-8-19(17)27(30)31/h2-9,12-13,25H,10-11,14H2,1H3,(H,26,28). The van der Waals surface area contributed by atoms with E-state index in [-0.39, 0.29) is 18.7 Å². The highest BCUT2D eigenvalue weighted by atomic mass is 16.6. The lowest BCUT2D eigenvalue weighted by Gasteiger charge is -2.11. The van der Waals surface area contributed by atoms with E-state index in [2.05, 4.69) is 10.6 Å². The second-order valence-corrected chi connectivity index (χ2v) is 7.31. The normalized spacial score (nSPS) is 10.7. The van der Waals surface area contributed by atoms with Crippen molar-refractivity contribution >= 4 is 50.9 Å². The molecule has 0 unspecified atom stereocenters. The first-order chi connectivity index (χ1) is 16.5. The number of nitrogens with one attached hydrogen (secondary N) is 2. The molecular formula is C24H21N3O7. The Labute approximate surface area is 193 Å². The predicted molar refractivity (Wildman–Crippen MR) is 126 cm³/mol. The zero-order valence-electron chi connectivity index (χ0n) is 18.2. The third kappa shape index (κ3) is 4.90. The number of fused-ring (bicyclic) bond motifs is 3. The number of anilines is 2. The van der Waals surface area contributed by atoms with E-state index < -0.39 is 23.4 Å². The molecule has 0 aliphatic heterocycles. The summed E-state index contributed by atoms with van der Waals surface area (Å²) in [4.78, 5) is 34.8. The minimum absolute atomic E-state index is 0.0758. The molecule has 0 aliphatic rings. The average molecular weight is 463 g/mol. The van der Waals surface area contributed by atoms with Gasteiger partial charge in [0.1, 0.15) is 22.6 Å². The minimum Gasteiger partial charge on any atom is -0.495 e. The molecular weight excluding hydrogens is 442 g/mol. The van der Waals surface area contributed by atoms with Crippen molar-refractivity contribution in [1.29, 1.82) is 0 Å². The van der Waals surface area contributed by atoms with E-state index >= 15 is 0 Å². The van der Waals surface area contributed by atoms with E-state index in [0.29, 0.717) is 28.3 Å². The number of carbonyl (C=O) groups is 2. The lowest BCUT2D eigenvalue weighted by Crippen LogP contribution is -2.22. The molecule has 0 spiro atoms. The number of nitrogens with zero attached hydrogens (tertiary/aromatic N) is 1. The number of amides is 1. The van der Waals surface area contributed by atoms with Crippen LogP contribution in [0.1, 0.15) is 6.42 Å². The Kier molecular flexibility index (Phi) is 6.58. The Morgan fingerprint density at radius 2 is 1.76 bits per heavy atom. The molecule has 10 nitrogen and oxygen atoms in total. The first kappa shape index (κ1) is 22.6. The van der Waals surface area contributed by atoms with E-state index in [9.17, 15) is 19.7 Å². The van der Waals surface area contributed by atoms with Gasteiger partial charge in [-0.05, 0) is 18.2 Å². The number of ether oxygens (including phenoxy) is 2. The van der Waals surface area contributed by atoms with Crippen molar-refractivity contribution in [3.63, 3.8) is 0 Å². The molecule has 174 valence electrons. The lowest BCUT2D eigenvalue weighted by molar-refractivity contribution is -0.384. The van der Waals surface area contributed by atoms with Gasteiger partial charge in [-0.25, -0.2) is 0 Å². The Morgan fingerprint density at radius 1 is 1.00 bits per heavy atom. The van der Waals surface area contributed by atoms with E-state index in [1.54, 1.807) is 30.3 Å². The fourth-order valence-electron chi connectivity index (χ4n) is 3.50. The van der Waals surface area contributed by atoms with Crippen molar-refractivity contribution in [2.45, 2.75) is 6.42 Å². The zero-order valence-corrected chi connectivity index (χ0v) is 18.2. The summed E-state index contributed by atoms with van der Waals surface area (Å²) in [7, 11) is 1.49. The number of methoxy groups -OCH3 is 1. The monoisotopic (exact) mass is 463 g/mol.